The Morgan fingerprint density at radius 1 is 1.10 bits per heavy atom. The number of benzene rings is 2. The number of rotatable bonds is 6. The summed E-state index contributed by atoms with van der Waals surface area (Å²) in [5, 5.41) is 23.2. The summed E-state index contributed by atoms with van der Waals surface area (Å²) in [6.45, 7) is 3.06. The van der Waals surface area contributed by atoms with Gasteiger partial charge >= 0.3 is 0 Å². The first-order valence-electron chi connectivity index (χ1n) is 6.74. The fourth-order valence-electron chi connectivity index (χ4n) is 2.16. The average Bonchev–Trinajstić information content (AvgIpc) is 2.49. The standard InChI is InChI=1S/C16H18N2O3/c1-12-15(3-2-4-16(12)18(20)21)10-17-9-13-5-7-14(11-19)8-6-13/h2-8,17,19H,9-11H2,1H3. The molecule has 0 radical (unpaired) electrons. The Balaban J connectivity index is 1.97. The van der Waals surface area contributed by atoms with E-state index in [-0.39, 0.29) is 17.2 Å². The molecule has 0 amide bonds. The number of nitro groups is 1. The van der Waals surface area contributed by atoms with Gasteiger partial charge in [-0.1, -0.05) is 36.4 Å². The maximum absolute atomic E-state index is 10.9. The maximum atomic E-state index is 10.9. The van der Waals surface area contributed by atoms with Crippen molar-refractivity contribution in [3.05, 3.63) is 74.8 Å². The predicted octanol–water partition coefficient (Wildman–Crippen LogP) is 2.69. The lowest BCUT2D eigenvalue weighted by molar-refractivity contribution is -0.385. The monoisotopic (exact) mass is 286 g/mol. The number of hydrogen-bond acceptors (Lipinski definition) is 4. The summed E-state index contributed by atoms with van der Waals surface area (Å²) < 4.78 is 0. The molecule has 2 rings (SSSR count). The maximum Gasteiger partial charge on any atom is 0.272 e. The molecule has 0 atom stereocenters. The molecule has 2 N–H and O–H groups in total. The van der Waals surface area contributed by atoms with Crippen LogP contribution in [-0.4, -0.2) is 10.0 Å². The summed E-state index contributed by atoms with van der Waals surface area (Å²) in [5.74, 6) is 0. The van der Waals surface area contributed by atoms with Crippen LogP contribution in [0.25, 0.3) is 0 Å². The van der Waals surface area contributed by atoms with Crippen LogP contribution in [0.15, 0.2) is 42.5 Å². The highest BCUT2D eigenvalue weighted by atomic mass is 16.6. The Morgan fingerprint density at radius 3 is 2.38 bits per heavy atom. The minimum Gasteiger partial charge on any atom is -0.392 e. The van der Waals surface area contributed by atoms with Crippen molar-refractivity contribution >= 4 is 5.69 Å². The van der Waals surface area contributed by atoms with Crippen molar-refractivity contribution in [3.63, 3.8) is 0 Å². The van der Waals surface area contributed by atoms with E-state index in [1.165, 1.54) is 6.07 Å². The molecule has 5 nitrogen and oxygen atoms in total. The molecule has 0 saturated heterocycles. The molecule has 0 spiro atoms. The van der Waals surface area contributed by atoms with Gasteiger partial charge in [0.15, 0.2) is 0 Å². The van der Waals surface area contributed by atoms with Gasteiger partial charge in [0.05, 0.1) is 11.5 Å². The van der Waals surface area contributed by atoms with Crippen LogP contribution >= 0.6 is 0 Å². The normalized spacial score (nSPS) is 10.6. The second-order valence-electron chi connectivity index (χ2n) is 4.90. The molecule has 0 heterocycles. The van der Waals surface area contributed by atoms with Crippen LogP contribution < -0.4 is 5.32 Å². The van der Waals surface area contributed by atoms with E-state index in [4.69, 9.17) is 5.11 Å². The average molecular weight is 286 g/mol. The van der Waals surface area contributed by atoms with Crippen LogP contribution in [0.4, 0.5) is 5.69 Å². The van der Waals surface area contributed by atoms with Crippen LogP contribution in [-0.2, 0) is 19.7 Å². The molecule has 0 aliphatic rings. The minimum absolute atomic E-state index is 0.0422. The minimum atomic E-state index is -0.355. The Morgan fingerprint density at radius 2 is 1.76 bits per heavy atom. The van der Waals surface area contributed by atoms with Crippen LogP contribution in [0.2, 0.25) is 0 Å². The number of hydrogen-bond donors (Lipinski definition) is 2. The molecule has 21 heavy (non-hydrogen) atoms. The summed E-state index contributed by atoms with van der Waals surface area (Å²) in [7, 11) is 0. The lowest BCUT2D eigenvalue weighted by Gasteiger charge is -2.08. The number of aliphatic hydroxyl groups excluding tert-OH is 1. The lowest BCUT2D eigenvalue weighted by Crippen LogP contribution is -2.14. The second-order valence-corrected chi connectivity index (χ2v) is 4.90. The largest absolute Gasteiger partial charge is 0.392 e. The fraction of sp³-hybridized carbons (Fsp3) is 0.250. The van der Waals surface area contributed by atoms with E-state index in [1.54, 1.807) is 13.0 Å². The van der Waals surface area contributed by atoms with Gasteiger partial charge in [-0.25, -0.2) is 0 Å². The summed E-state index contributed by atoms with van der Waals surface area (Å²) >= 11 is 0. The highest BCUT2D eigenvalue weighted by molar-refractivity contribution is 5.44. The highest BCUT2D eigenvalue weighted by Crippen LogP contribution is 2.20. The Labute approximate surface area is 123 Å². The van der Waals surface area contributed by atoms with Crippen LogP contribution in [0.3, 0.4) is 0 Å². The van der Waals surface area contributed by atoms with Gasteiger partial charge in [-0.15, -0.1) is 0 Å². The first-order chi connectivity index (χ1) is 10.1. The van der Waals surface area contributed by atoms with E-state index in [0.29, 0.717) is 18.7 Å². The van der Waals surface area contributed by atoms with E-state index in [2.05, 4.69) is 5.32 Å². The highest BCUT2D eigenvalue weighted by Gasteiger charge is 2.12. The number of nitrogens with zero attached hydrogens (tertiary/aromatic N) is 1. The number of aliphatic hydroxyl groups is 1. The molecule has 0 saturated carbocycles. The molecule has 5 heteroatoms. The molecule has 2 aromatic rings. The molecule has 0 fully saturated rings. The number of nitrogens with one attached hydrogen (secondary N) is 1. The van der Waals surface area contributed by atoms with Crippen LogP contribution in [0.1, 0.15) is 22.3 Å². The van der Waals surface area contributed by atoms with Gasteiger partial charge in [-0.3, -0.25) is 10.1 Å². The number of nitro benzene ring substituents is 1. The van der Waals surface area contributed by atoms with E-state index in [9.17, 15) is 10.1 Å². The van der Waals surface area contributed by atoms with Crippen LogP contribution in [0, 0.1) is 17.0 Å². The fourth-order valence-corrected chi connectivity index (χ4v) is 2.16. The molecule has 0 aliphatic heterocycles. The van der Waals surface area contributed by atoms with Crippen molar-refractivity contribution in [1.82, 2.24) is 5.32 Å². The van der Waals surface area contributed by atoms with Gasteiger partial charge in [0.2, 0.25) is 0 Å². The zero-order chi connectivity index (χ0) is 15.2. The van der Waals surface area contributed by atoms with Crippen molar-refractivity contribution in [3.8, 4) is 0 Å². The second kappa shape index (κ2) is 6.97. The Bertz CT molecular complexity index is 624. The van der Waals surface area contributed by atoms with Crippen molar-refractivity contribution in [2.24, 2.45) is 0 Å². The zero-order valence-corrected chi connectivity index (χ0v) is 11.9. The third-order valence-corrected chi connectivity index (χ3v) is 3.46. The molecule has 0 unspecified atom stereocenters. The molecule has 0 bridgehead atoms. The van der Waals surface area contributed by atoms with Crippen LogP contribution in [0.5, 0.6) is 0 Å². The topological polar surface area (TPSA) is 75.4 Å². The van der Waals surface area contributed by atoms with E-state index in [0.717, 1.165) is 16.7 Å². The summed E-state index contributed by atoms with van der Waals surface area (Å²) in [6.07, 6.45) is 0. The first-order valence-corrected chi connectivity index (χ1v) is 6.74. The van der Waals surface area contributed by atoms with Crippen molar-refractivity contribution in [2.45, 2.75) is 26.6 Å². The summed E-state index contributed by atoms with van der Waals surface area (Å²) in [6, 6.07) is 12.8. The molecule has 2 aromatic carbocycles. The zero-order valence-electron chi connectivity index (χ0n) is 11.9. The predicted molar refractivity (Wildman–Crippen MR) is 80.7 cm³/mol. The molecule has 0 aromatic heterocycles. The third-order valence-electron chi connectivity index (χ3n) is 3.46. The molecular formula is C16H18N2O3. The SMILES string of the molecule is Cc1c(CNCc2ccc(CO)cc2)cccc1[N+](=O)[O-]. The third kappa shape index (κ3) is 3.87. The van der Waals surface area contributed by atoms with Gasteiger partial charge < -0.3 is 10.4 Å². The quantitative estimate of drug-likeness (QED) is 0.632. The molecular weight excluding hydrogens is 268 g/mol. The smallest absolute Gasteiger partial charge is 0.272 e. The van der Waals surface area contributed by atoms with E-state index >= 15 is 0 Å². The molecule has 0 aliphatic carbocycles. The van der Waals surface area contributed by atoms with Crippen molar-refractivity contribution < 1.29 is 10.0 Å². The van der Waals surface area contributed by atoms with Crippen molar-refractivity contribution in [2.75, 3.05) is 0 Å². The van der Waals surface area contributed by atoms with E-state index in [1.807, 2.05) is 30.3 Å². The Kier molecular flexibility index (Phi) is 5.03. The van der Waals surface area contributed by atoms with Gasteiger partial charge in [-0.2, -0.15) is 0 Å². The van der Waals surface area contributed by atoms with Gasteiger partial charge in [0, 0.05) is 24.7 Å². The first kappa shape index (κ1) is 15.2. The van der Waals surface area contributed by atoms with E-state index < -0.39 is 0 Å². The Hall–Kier alpha value is -2.24. The lowest BCUT2D eigenvalue weighted by atomic mass is 10.1. The molecule has 110 valence electrons. The van der Waals surface area contributed by atoms with Gasteiger partial charge in [-0.05, 0) is 23.6 Å². The van der Waals surface area contributed by atoms with Crippen molar-refractivity contribution in [1.29, 1.82) is 0 Å². The van der Waals surface area contributed by atoms with Gasteiger partial charge in [0.25, 0.3) is 5.69 Å². The summed E-state index contributed by atoms with van der Waals surface area (Å²) in [4.78, 5) is 10.5. The summed E-state index contributed by atoms with van der Waals surface area (Å²) in [5.41, 5.74) is 3.77. The van der Waals surface area contributed by atoms with Gasteiger partial charge in [0.1, 0.15) is 0 Å².